The molecule has 0 fully saturated rings. The van der Waals surface area contributed by atoms with Crippen LogP contribution < -0.4 is 10.1 Å². The topological polar surface area (TPSA) is 51.2 Å². The van der Waals surface area contributed by atoms with Crippen LogP contribution in [0.4, 0.5) is 5.13 Å². The van der Waals surface area contributed by atoms with Gasteiger partial charge in [-0.2, -0.15) is 0 Å². The number of rotatable bonds is 9. The van der Waals surface area contributed by atoms with Crippen molar-refractivity contribution < 1.29 is 9.53 Å². The van der Waals surface area contributed by atoms with Crippen molar-refractivity contribution in [1.82, 2.24) is 4.98 Å². The second-order valence-corrected chi connectivity index (χ2v) is 12.3. The number of ether oxygens (including phenoxy) is 1. The maximum atomic E-state index is 12.4. The summed E-state index contributed by atoms with van der Waals surface area (Å²) in [5.74, 6) is 1.01. The lowest BCUT2D eigenvalue weighted by Gasteiger charge is -2.33. The van der Waals surface area contributed by atoms with Crippen molar-refractivity contribution in [1.29, 1.82) is 0 Å². The van der Waals surface area contributed by atoms with Crippen LogP contribution in [0, 0.1) is 5.41 Å². The van der Waals surface area contributed by atoms with Gasteiger partial charge in [0.05, 0.1) is 0 Å². The third-order valence-corrected chi connectivity index (χ3v) is 6.72. The Bertz CT molecular complexity index is 1070. The van der Waals surface area contributed by atoms with Crippen LogP contribution in [-0.4, -0.2) is 17.5 Å². The fourth-order valence-corrected chi connectivity index (χ4v) is 5.27. The summed E-state index contributed by atoms with van der Waals surface area (Å²) >= 11 is 1.50. The summed E-state index contributed by atoms with van der Waals surface area (Å²) in [6.45, 7) is 15.7. The van der Waals surface area contributed by atoms with E-state index < -0.39 is 0 Å². The third kappa shape index (κ3) is 7.69. The van der Waals surface area contributed by atoms with Crippen LogP contribution in [0.25, 0.3) is 0 Å². The summed E-state index contributed by atoms with van der Waals surface area (Å²) in [5.41, 5.74) is 4.18. The first kappa shape index (κ1) is 26.0. The van der Waals surface area contributed by atoms with Gasteiger partial charge in [-0.15, -0.1) is 11.3 Å². The molecule has 0 atom stereocenters. The molecule has 0 aliphatic heterocycles. The monoisotopic (exact) mass is 478 g/mol. The molecule has 0 aliphatic rings. The zero-order valence-electron chi connectivity index (χ0n) is 21.6. The Balaban J connectivity index is 1.49. The molecule has 0 unspecified atom stereocenters. The number of hydrogen-bond donors (Lipinski definition) is 1. The van der Waals surface area contributed by atoms with Gasteiger partial charge in [0.25, 0.3) is 5.91 Å². The van der Waals surface area contributed by atoms with E-state index in [9.17, 15) is 4.79 Å². The first-order valence-electron chi connectivity index (χ1n) is 12.0. The number of hydrogen-bond acceptors (Lipinski definition) is 4. The van der Waals surface area contributed by atoms with Crippen LogP contribution >= 0.6 is 11.3 Å². The Kier molecular flexibility index (Phi) is 8.19. The fraction of sp³-hybridized carbons (Fsp3) is 0.448. The zero-order valence-corrected chi connectivity index (χ0v) is 22.4. The van der Waals surface area contributed by atoms with Crippen molar-refractivity contribution in [3.63, 3.8) is 0 Å². The fourth-order valence-electron chi connectivity index (χ4n) is 4.40. The number of carbonyl (C=O) groups excluding carboxylic acids is 1. The van der Waals surface area contributed by atoms with E-state index in [0.29, 0.717) is 16.8 Å². The molecule has 0 radical (unpaired) electrons. The Labute approximate surface area is 208 Å². The van der Waals surface area contributed by atoms with Crippen LogP contribution in [0.2, 0.25) is 0 Å². The lowest BCUT2D eigenvalue weighted by Crippen LogP contribution is -2.24. The largest absolute Gasteiger partial charge is 0.484 e. The van der Waals surface area contributed by atoms with Crippen LogP contribution in [0.3, 0.4) is 0 Å². The lowest BCUT2D eigenvalue weighted by molar-refractivity contribution is -0.118. The molecule has 182 valence electrons. The van der Waals surface area contributed by atoms with Gasteiger partial charge in [-0.1, -0.05) is 84.9 Å². The number of benzene rings is 2. The predicted octanol–water partition coefficient (Wildman–Crippen LogP) is 7.59. The van der Waals surface area contributed by atoms with Crippen molar-refractivity contribution in [2.45, 2.75) is 72.6 Å². The smallest absolute Gasteiger partial charge is 0.264 e. The van der Waals surface area contributed by atoms with Gasteiger partial charge >= 0.3 is 0 Å². The Morgan fingerprint density at radius 3 is 2.24 bits per heavy atom. The Hall–Kier alpha value is -2.66. The molecule has 3 aromatic rings. The van der Waals surface area contributed by atoms with Crippen molar-refractivity contribution >= 4 is 22.4 Å². The number of thiazole rings is 1. The molecule has 2 aromatic carbocycles. The Morgan fingerprint density at radius 1 is 1.00 bits per heavy atom. The summed E-state index contributed by atoms with van der Waals surface area (Å²) in [4.78, 5) is 17.8. The van der Waals surface area contributed by atoms with Crippen LogP contribution in [0.5, 0.6) is 5.75 Å². The SMILES string of the molecule is CC(C)c1ccc(Cc2cnc(NC(=O)COc3ccc(C(C)(C)CC(C)(C)C)cc3)s2)cc1. The van der Waals surface area contributed by atoms with E-state index in [-0.39, 0.29) is 23.3 Å². The van der Waals surface area contributed by atoms with Crippen LogP contribution in [0.1, 0.15) is 82.4 Å². The number of anilines is 1. The minimum Gasteiger partial charge on any atom is -0.484 e. The van der Waals surface area contributed by atoms with E-state index in [0.717, 1.165) is 17.7 Å². The van der Waals surface area contributed by atoms with Gasteiger partial charge < -0.3 is 4.74 Å². The van der Waals surface area contributed by atoms with E-state index >= 15 is 0 Å². The van der Waals surface area contributed by atoms with E-state index in [1.54, 1.807) is 0 Å². The molecule has 1 amide bonds. The number of carbonyl (C=O) groups is 1. The van der Waals surface area contributed by atoms with E-state index in [1.807, 2.05) is 18.3 Å². The summed E-state index contributed by atoms with van der Waals surface area (Å²) in [6, 6.07) is 16.8. The average Bonchev–Trinajstić information content (AvgIpc) is 3.18. The van der Waals surface area contributed by atoms with Crippen molar-refractivity contribution in [2.24, 2.45) is 5.41 Å². The summed E-state index contributed by atoms with van der Waals surface area (Å²) < 4.78 is 5.71. The molecule has 4 nitrogen and oxygen atoms in total. The normalized spacial score (nSPS) is 12.1. The molecule has 1 aromatic heterocycles. The van der Waals surface area contributed by atoms with E-state index in [2.05, 4.69) is 95.2 Å². The zero-order chi connectivity index (χ0) is 24.9. The van der Waals surface area contributed by atoms with Gasteiger partial charge in [0.2, 0.25) is 0 Å². The molecule has 3 rings (SSSR count). The van der Waals surface area contributed by atoms with Gasteiger partial charge in [0.1, 0.15) is 5.75 Å². The predicted molar refractivity (Wildman–Crippen MR) is 143 cm³/mol. The quantitative estimate of drug-likeness (QED) is 0.345. The molecule has 0 bridgehead atoms. The summed E-state index contributed by atoms with van der Waals surface area (Å²) in [5, 5.41) is 3.45. The van der Waals surface area contributed by atoms with Crippen molar-refractivity contribution in [3.8, 4) is 5.75 Å². The molecule has 1 heterocycles. The van der Waals surface area contributed by atoms with Crippen molar-refractivity contribution in [2.75, 3.05) is 11.9 Å². The van der Waals surface area contributed by atoms with Gasteiger partial charge in [-0.05, 0) is 52.0 Å². The highest BCUT2D eigenvalue weighted by molar-refractivity contribution is 7.15. The number of amides is 1. The highest BCUT2D eigenvalue weighted by atomic mass is 32.1. The molecule has 34 heavy (non-hydrogen) atoms. The van der Waals surface area contributed by atoms with Gasteiger partial charge in [0, 0.05) is 17.5 Å². The van der Waals surface area contributed by atoms with Gasteiger partial charge in [-0.3, -0.25) is 10.1 Å². The van der Waals surface area contributed by atoms with E-state index in [4.69, 9.17) is 4.74 Å². The van der Waals surface area contributed by atoms with Crippen LogP contribution in [-0.2, 0) is 16.6 Å². The number of nitrogens with one attached hydrogen (secondary N) is 1. The molecule has 0 saturated heterocycles. The summed E-state index contributed by atoms with van der Waals surface area (Å²) in [7, 11) is 0. The third-order valence-electron chi connectivity index (χ3n) is 5.80. The first-order valence-corrected chi connectivity index (χ1v) is 12.8. The van der Waals surface area contributed by atoms with E-state index in [1.165, 1.54) is 28.0 Å². The number of nitrogens with zero attached hydrogens (tertiary/aromatic N) is 1. The molecule has 0 spiro atoms. The van der Waals surface area contributed by atoms with Crippen LogP contribution in [0.15, 0.2) is 54.7 Å². The highest BCUT2D eigenvalue weighted by Crippen LogP contribution is 2.36. The molecule has 1 N–H and O–H groups in total. The lowest BCUT2D eigenvalue weighted by atomic mass is 9.72. The molecule has 0 aliphatic carbocycles. The molecule has 5 heteroatoms. The number of aromatic nitrogens is 1. The minimum atomic E-state index is -0.209. The summed E-state index contributed by atoms with van der Waals surface area (Å²) in [6.07, 6.45) is 3.72. The molecule has 0 saturated carbocycles. The first-order chi connectivity index (χ1) is 15.9. The van der Waals surface area contributed by atoms with Crippen molar-refractivity contribution in [3.05, 3.63) is 76.3 Å². The average molecular weight is 479 g/mol. The maximum absolute atomic E-state index is 12.4. The second kappa shape index (κ2) is 10.7. The molecular weight excluding hydrogens is 440 g/mol. The van der Waals surface area contributed by atoms with Gasteiger partial charge in [-0.25, -0.2) is 4.98 Å². The second-order valence-electron chi connectivity index (χ2n) is 11.2. The Morgan fingerprint density at radius 2 is 1.65 bits per heavy atom. The maximum Gasteiger partial charge on any atom is 0.264 e. The minimum absolute atomic E-state index is 0.0453. The van der Waals surface area contributed by atoms with Gasteiger partial charge in [0.15, 0.2) is 11.7 Å². The standard InChI is InChI=1S/C29H38N2O2S/c1-20(2)22-10-8-21(9-11-22)16-25-17-30-27(34-25)31-26(32)18-33-24-14-12-23(13-15-24)29(6,7)19-28(3,4)5/h8-15,17,20H,16,18-19H2,1-7H3,(H,30,31,32). The molecular formula is C29H38N2O2S. The highest BCUT2D eigenvalue weighted by Gasteiger charge is 2.27.